The number of carbonyl (C=O) groups is 1. The highest BCUT2D eigenvalue weighted by atomic mass is 16.6. The molecule has 6 nitrogen and oxygen atoms in total. The number of aromatic nitrogens is 2. The maximum absolute atomic E-state index is 11.5. The van der Waals surface area contributed by atoms with Crippen LogP contribution >= 0.6 is 0 Å². The van der Waals surface area contributed by atoms with Gasteiger partial charge in [0.25, 0.3) is 0 Å². The molecule has 6 heteroatoms. The fourth-order valence-corrected chi connectivity index (χ4v) is 3.03. The Hall–Kier alpha value is -3.54. The molecule has 1 aliphatic heterocycles. The fourth-order valence-electron chi connectivity index (χ4n) is 3.03. The van der Waals surface area contributed by atoms with Crippen LogP contribution in [0.15, 0.2) is 49.3 Å². The normalized spacial score (nSPS) is 13.1. The molecule has 3 heterocycles. The molecule has 4 rings (SSSR count). The summed E-state index contributed by atoms with van der Waals surface area (Å²) in [5, 5.41) is 3.70. The Balaban J connectivity index is 1.66. The van der Waals surface area contributed by atoms with E-state index in [1.54, 1.807) is 6.20 Å². The van der Waals surface area contributed by atoms with Gasteiger partial charge in [-0.3, -0.25) is 4.79 Å². The Bertz CT molecular complexity index is 1070. The molecule has 0 fully saturated rings. The summed E-state index contributed by atoms with van der Waals surface area (Å²) in [6.45, 7) is 4.61. The van der Waals surface area contributed by atoms with Crippen LogP contribution in [0.1, 0.15) is 11.1 Å². The lowest BCUT2D eigenvalue weighted by atomic mass is 10.1. The Morgan fingerprint density at radius 1 is 1.22 bits per heavy atom. The van der Waals surface area contributed by atoms with E-state index in [0.29, 0.717) is 18.9 Å². The zero-order valence-corrected chi connectivity index (χ0v) is 14.9. The van der Waals surface area contributed by atoms with Gasteiger partial charge in [-0.05, 0) is 29.8 Å². The van der Waals surface area contributed by atoms with Crippen molar-refractivity contribution in [3.05, 3.63) is 60.4 Å². The molecule has 0 aliphatic carbocycles. The largest absolute Gasteiger partial charge is 0.486 e. The van der Waals surface area contributed by atoms with Crippen LogP contribution in [-0.4, -0.2) is 28.7 Å². The van der Waals surface area contributed by atoms with Crippen LogP contribution in [0.3, 0.4) is 0 Å². The zero-order chi connectivity index (χ0) is 18.8. The number of carbonyl (C=O) groups excluding carboxylic acids is 1. The van der Waals surface area contributed by atoms with Crippen LogP contribution in [0.4, 0.5) is 5.69 Å². The first-order valence-corrected chi connectivity index (χ1v) is 8.60. The van der Waals surface area contributed by atoms with Crippen LogP contribution in [0.25, 0.3) is 23.2 Å². The van der Waals surface area contributed by atoms with Crippen LogP contribution in [-0.2, 0) is 11.8 Å². The molecule has 0 unspecified atom stereocenters. The molecule has 0 saturated heterocycles. The van der Waals surface area contributed by atoms with Crippen molar-refractivity contribution in [2.24, 2.45) is 7.05 Å². The van der Waals surface area contributed by atoms with Crippen molar-refractivity contribution in [3.63, 3.8) is 0 Å². The molecule has 2 aromatic heterocycles. The molecular weight excluding hydrogens is 342 g/mol. The van der Waals surface area contributed by atoms with E-state index in [4.69, 9.17) is 9.47 Å². The van der Waals surface area contributed by atoms with Gasteiger partial charge in [0, 0.05) is 24.2 Å². The molecule has 1 amide bonds. The fraction of sp³-hybridized carbons (Fsp3) is 0.143. The Kier molecular flexibility index (Phi) is 4.38. The lowest BCUT2D eigenvalue weighted by molar-refractivity contribution is -0.111. The van der Waals surface area contributed by atoms with E-state index in [2.05, 4.69) is 16.9 Å². The van der Waals surface area contributed by atoms with Gasteiger partial charge in [0.1, 0.15) is 18.9 Å². The lowest BCUT2D eigenvalue weighted by Crippen LogP contribution is -2.15. The van der Waals surface area contributed by atoms with Crippen LogP contribution < -0.4 is 14.8 Å². The standard InChI is InChI=1S/C21H19N3O3/c1-3-20(25)23-16-11-17-15(13-24(2)21(17)22-12-16)6-4-14-5-7-18-19(10-14)27-9-8-26-18/h3-7,10-13H,1,8-9H2,2H3,(H,23,25)/b6-4+. The van der Waals surface area contributed by atoms with Gasteiger partial charge in [0.2, 0.25) is 5.91 Å². The number of benzene rings is 1. The van der Waals surface area contributed by atoms with Crippen LogP contribution in [0, 0.1) is 0 Å². The molecule has 1 N–H and O–H groups in total. The first kappa shape index (κ1) is 16.9. The van der Waals surface area contributed by atoms with Gasteiger partial charge in [0.05, 0.1) is 11.9 Å². The average molecular weight is 361 g/mol. The molecule has 0 atom stereocenters. The third kappa shape index (κ3) is 3.42. The summed E-state index contributed by atoms with van der Waals surface area (Å²) in [6, 6.07) is 7.78. The number of aryl methyl sites for hydroxylation is 1. The van der Waals surface area contributed by atoms with Crippen molar-refractivity contribution < 1.29 is 14.3 Å². The number of hydrogen-bond donors (Lipinski definition) is 1. The highest BCUT2D eigenvalue weighted by Gasteiger charge is 2.11. The Labute approximate surface area is 156 Å². The highest BCUT2D eigenvalue weighted by Crippen LogP contribution is 2.31. The molecule has 1 aromatic carbocycles. The lowest BCUT2D eigenvalue weighted by Gasteiger charge is -2.18. The van der Waals surface area contributed by atoms with E-state index in [0.717, 1.165) is 33.7 Å². The Morgan fingerprint density at radius 3 is 2.85 bits per heavy atom. The smallest absolute Gasteiger partial charge is 0.247 e. The number of nitrogens with one attached hydrogen (secondary N) is 1. The molecule has 0 bridgehead atoms. The quantitative estimate of drug-likeness (QED) is 0.721. The van der Waals surface area contributed by atoms with Crippen molar-refractivity contribution in [3.8, 4) is 11.5 Å². The first-order valence-electron chi connectivity index (χ1n) is 8.60. The number of nitrogens with zero attached hydrogens (tertiary/aromatic N) is 2. The summed E-state index contributed by atoms with van der Waals surface area (Å²) in [5.74, 6) is 1.27. The van der Waals surface area contributed by atoms with Gasteiger partial charge in [-0.1, -0.05) is 24.8 Å². The van der Waals surface area contributed by atoms with Crippen molar-refractivity contribution in [2.45, 2.75) is 0 Å². The summed E-state index contributed by atoms with van der Waals surface area (Å²) in [6.07, 6.45) is 8.91. The average Bonchev–Trinajstić information content (AvgIpc) is 3.01. The monoisotopic (exact) mass is 361 g/mol. The molecule has 27 heavy (non-hydrogen) atoms. The second-order valence-electron chi connectivity index (χ2n) is 6.22. The maximum Gasteiger partial charge on any atom is 0.247 e. The summed E-state index contributed by atoms with van der Waals surface area (Å²) < 4.78 is 13.1. The molecule has 0 radical (unpaired) electrons. The SMILES string of the molecule is C=CC(=O)Nc1cnc2c(c1)c(/C=C/c1ccc3c(c1)OCCO3)cn2C. The predicted molar refractivity (Wildman–Crippen MR) is 106 cm³/mol. The van der Waals surface area contributed by atoms with E-state index >= 15 is 0 Å². The van der Waals surface area contributed by atoms with Gasteiger partial charge in [-0.15, -0.1) is 0 Å². The minimum atomic E-state index is -0.263. The van der Waals surface area contributed by atoms with E-state index < -0.39 is 0 Å². The van der Waals surface area contributed by atoms with Crippen molar-refractivity contribution in [1.82, 2.24) is 9.55 Å². The summed E-state index contributed by atoms with van der Waals surface area (Å²) in [7, 11) is 1.94. The number of anilines is 1. The number of amides is 1. The second kappa shape index (κ2) is 6.99. The predicted octanol–water partition coefficient (Wildman–Crippen LogP) is 3.64. The van der Waals surface area contributed by atoms with Gasteiger partial charge in [-0.25, -0.2) is 4.98 Å². The molecule has 0 spiro atoms. The third-order valence-electron chi connectivity index (χ3n) is 4.32. The minimum Gasteiger partial charge on any atom is -0.486 e. The maximum atomic E-state index is 11.5. The summed E-state index contributed by atoms with van der Waals surface area (Å²) in [4.78, 5) is 16.0. The molecule has 0 saturated carbocycles. The number of pyridine rings is 1. The molecule has 136 valence electrons. The third-order valence-corrected chi connectivity index (χ3v) is 4.32. The van der Waals surface area contributed by atoms with Gasteiger partial charge in [-0.2, -0.15) is 0 Å². The van der Waals surface area contributed by atoms with Crippen molar-refractivity contribution in [1.29, 1.82) is 0 Å². The van der Waals surface area contributed by atoms with Crippen molar-refractivity contribution >= 4 is 34.8 Å². The molecule has 1 aliphatic rings. The topological polar surface area (TPSA) is 65.4 Å². The number of ether oxygens (including phenoxy) is 2. The first-order chi connectivity index (χ1) is 13.1. The zero-order valence-electron chi connectivity index (χ0n) is 14.9. The van der Waals surface area contributed by atoms with Crippen LogP contribution in [0.2, 0.25) is 0 Å². The summed E-state index contributed by atoms with van der Waals surface area (Å²) in [5.41, 5.74) is 3.49. The number of hydrogen-bond acceptors (Lipinski definition) is 4. The van der Waals surface area contributed by atoms with E-state index in [9.17, 15) is 4.79 Å². The van der Waals surface area contributed by atoms with Gasteiger partial charge < -0.3 is 19.4 Å². The number of fused-ring (bicyclic) bond motifs is 2. The van der Waals surface area contributed by atoms with Crippen molar-refractivity contribution in [2.75, 3.05) is 18.5 Å². The van der Waals surface area contributed by atoms with Crippen LogP contribution in [0.5, 0.6) is 11.5 Å². The number of rotatable bonds is 4. The molecular formula is C21H19N3O3. The van der Waals surface area contributed by atoms with E-state index in [1.165, 1.54) is 6.08 Å². The minimum absolute atomic E-state index is 0.263. The van der Waals surface area contributed by atoms with Gasteiger partial charge in [0.15, 0.2) is 11.5 Å². The highest BCUT2D eigenvalue weighted by molar-refractivity contribution is 6.00. The second-order valence-corrected chi connectivity index (χ2v) is 6.22. The summed E-state index contributed by atoms with van der Waals surface area (Å²) >= 11 is 0. The molecule has 3 aromatic rings. The van der Waals surface area contributed by atoms with E-state index in [1.807, 2.05) is 54.2 Å². The van der Waals surface area contributed by atoms with E-state index in [-0.39, 0.29) is 5.91 Å². The van der Waals surface area contributed by atoms with Gasteiger partial charge >= 0.3 is 0 Å². The Morgan fingerprint density at radius 2 is 2.04 bits per heavy atom.